The van der Waals surface area contributed by atoms with Crippen molar-refractivity contribution in [1.29, 1.82) is 10.5 Å². The Morgan fingerprint density at radius 3 is 2.45 bits per heavy atom. The van der Waals surface area contributed by atoms with Crippen molar-refractivity contribution in [2.45, 2.75) is 18.0 Å². The van der Waals surface area contributed by atoms with E-state index < -0.39 is 29.2 Å². The summed E-state index contributed by atoms with van der Waals surface area (Å²) in [6.45, 7) is 0. The van der Waals surface area contributed by atoms with E-state index in [4.69, 9.17) is 11.6 Å². The van der Waals surface area contributed by atoms with Crippen LogP contribution < -0.4 is 4.90 Å². The fraction of sp³-hybridized carbons (Fsp3) is 0.148. The lowest BCUT2D eigenvalue weighted by Gasteiger charge is -2.35. The van der Waals surface area contributed by atoms with Crippen LogP contribution in [0.5, 0.6) is 0 Å². The highest BCUT2D eigenvalue weighted by molar-refractivity contribution is 6.30. The van der Waals surface area contributed by atoms with Crippen LogP contribution in [0.15, 0.2) is 78.9 Å². The summed E-state index contributed by atoms with van der Waals surface area (Å²) in [5.74, 6) is -1.61. The van der Waals surface area contributed by atoms with Gasteiger partial charge in [-0.2, -0.15) is 10.5 Å². The van der Waals surface area contributed by atoms with Crippen molar-refractivity contribution in [2.24, 2.45) is 5.41 Å². The topological polar surface area (TPSA) is 67.9 Å². The van der Waals surface area contributed by atoms with E-state index in [1.807, 2.05) is 17.0 Å². The molecule has 2 aliphatic heterocycles. The van der Waals surface area contributed by atoms with Gasteiger partial charge in [0.2, 0.25) is 0 Å². The fourth-order valence-corrected chi connectivity index (χ4v) is 5.29. The number of hydrogen-bond acceptors (Lipinski definition) is 4. The first-order chi connectivity index (χ1) is 16.0. The predicted octanol–water partition coefficient (Wildman–Crippen LogP) is 5.76. The molecule has 4 nitrogen and oxygen atoms in total. The monoisotopic (exact) mass is 453 g/mol. The van der Waals surface area contributed by atoms with Crippen LogP contribution in [-0.4, -0.2) is 17.9 Å². The lowest BCUT2D eigenvalue weighted by atomic mass is 9.69. The van der Waals surface area contributed by atoms with Gasteiger partial charge in [-0.3, -0.25) is 4.79 Å². The van der Waals surface area contributed by atoms with E-state index in [1.54, 1.807) is 54.6 Å². The first-order valence-corrected chi connectivity index (χ1v) is 10.8. The van der Waals surface area contributed by atoms with Gasteiger partial charge in [-0.25, -0.2) is 4.39 Å². The summed E-state index contributed by atoms with van der Waals surface area (Å²) in [7, 11) is 0. The van der Waals surface area contributed by atoms with E-state index in [1.165, 1.54) is 18.2 Å². The van der Waals surface area contributed by atoms with Crippen LogP contribution in [0, 0.1) is 33.9 Å². The molecule has 0 saturated carbocycles. The number of nitriles is 2. The van der Waals surface area contributed by atoms with Crippen molar-refractivity contribution in [3.63, 3.8) is 0 Å². The summed E-state index contributed by atoms with van der Waals surface area (Å²) in [4.78, 5) is 15.8. The predicted molar refractivity (Wildman–Crippen MR) is 124 cm³/mol. The highest BCUT2D eigenvalue weighted by atomic mass is 35.5. The molecule has 1 fully saturated rings. The van der Waals surface area contributed by atoms with Crippen molar-refractivity contribution >= 4 is 29.1 Å². The van der Waals surface area contributed by atoms with Crippen LogP contribution in [0.25, 0.3) is 6.08 Å². The van der Waals surface area contributed by atoms with Gasteiger partial charge >= 0.3 is 0 Å². The van der Waals surface area contributed by atoms with Crippen LogP contribution in [0.3, 0.4) is 0 Å². The van der Waals surface area contributed by atoms with E-state index in [9.17, 15) is 19.7 Å². The number of Topliss-reactive ketones (excluding diaryl/α,β-unsaturated/α-hetero) is 1. The Hall–Kier alpha value is -3.93. The summed E-state index contributed by atoms with van der Waals surface area (Å²) in [5.41, 5.74) is 0.769. The van der Waals surface area contributed by atoms with Gasteiger partial charge in [0.15, 0.2) is 11.2 Å². The Balaban J connectivity index is 1.80. The number of carbonyl (C=O) groups excluding carboxylic acids is 1. The molecule has 0 N–H and O–H groups in total. The van der Waals surface area contributed by atoms with E-state index in [0.29, 0.717) is 21.8 Å². The number of nitrogens with zero attached hydrogens (tertiary/aromatic N) is 3. The van der Waals surface area contributed by atoms with Gasteiger partial charge in [0.1, 0.15) is 11.9 Å². The molecule has 3 aromatic rings. The number of benzene rings is 3. The molecule has 160 valence electrons. The summed E-state index contributed by atoms with van der Waals surface area (Å²) in [6, 6.07) is 22.7. The number of ketones is 1. The molecule has 0 unspecified atom stereocenters. The molecule has 0 bridgehead atoms. The van der Waals surface area contributed by atoms with Gasteiger partial charge in [-0.15, -0.1) is 0 Å². The molecule has 0 aliphatic carbocycles. The van der Waals surface area contributed by atoms with Gasteiger partial charge in [-0.1, -0.05) is 66.2 Å². The van der Waals surface area contributed by atoms with Crippen molar-refractivity contribution in [3.8, 4) is 12.1 Å². The van der Waals surface area contributed by atoms with Crippen LogP contribution in [0.2, 0.25) is 5.02 Å². The molecule has 1 saturated heterocycles. The second-order valence-corrected chi connectivity index (χ2v) is 8.65. The van der Waals surface area contributed by atoms with Crippen LogP contribution in [0.1, 0.15) is 27.4 Å². The fourth-order valence-electron chi connectivity index (χ4n) is 5.11. The molecule has 5 rings (SSSR count). The van der Waals surface area contributed by atoms with Crippen molar-refractivity contribution in [3.05, 3.63) is 106 Å². The zero-order valence-corrected chi connectivity index (χ0v) is 18.1. The largest absolute Gasteiger partial charge is 0.351 e. The second-order valence-electron chi connectivity index (χ2n) is 8.21. The average Bonchev–Trinajstić information content (AvgIpc) is 3.14. The molecule has 0 amide bonds. The molecule has 3 aromatic carbocycles. The number of fused-ring (bicyclic) bond motifs is 3. The highest BCUT2D eigenvalue weighted by Crippen LogP contribution is 2.55. The number of halogens is 2. The third-order valence-electron chi connectivity index (χ3n) is 6.50. The lowest BCUT2D eigenvalue weighted by Crippen LogP contribution is -2.44. The quantitative estimate of drug-likeness (QED) is 0.472. The normalized spacial score (nSPS) is 22.1. The van der Waals surface area contributed by atoms with E-state index >= 15 is 0 Å². The van der Waals surface area contributed by atoms with Crippen LogP contribution >= 0.6 is 11.6 Å². The summed E-state index contributed by atoms with van der Waals surface area (Å²) in [6.07, 6.45) is 3.60. The van der Waals surface area contributed by atoms with Crippen molar-refractivity contribution < 1.29 is 9.18 Å². The van der Waals surface area contributed by atoms with Gasteiger partial charge < -0.3 is 4.90 Å². The lowest BCUT2D eigenvalue weighted by molar-refractivity contribution is 0.0951. The van der Waals surface area contributed by atoms with Gasteiger partial charge in [0, 0.05) is 22.2 Å². The minimum Gasteiger partial charge on any atom is -0.351 e. The van der Waals surface area contributed by atoms with E-state index in [2.05, 4.69) is 12.1 Å². The van der Waals surface area contributed by atoms with Gasteiger partial charge in [0.25, 0.3) is 0 Å². The Labute approximate surface area is 195 Å². The molecule has 6 heteroatoms. The average molecular weight is 454 g/mol. The van der Waals surface area contributed by atoms with Crippen molar-refractivity contribution in [1.82, 2.24) is 0 Å². The second kappa shape index (κ2) is 7.89. The molecular formula is C27H17ClFN3O. The van der Waals surface area contributed by atoms with Crippen molar-refractivity contribution in [2.75, 3.05) is 4.90 Å². The third-order valence-corrected chi connectivity index (χ3v) is 6.74. The van der Waals surface area contributed by atoms with Crippen LogP contribution in [-0.2, 0) is 0 Å². The Kier molecular flexibility index (Phi) is 5.01. The number of rotatable bonds is 3. The smallest absolute Gasteiger partial charge is 0.185 e. The molecule has 0 radical (unpaired) electrons. The number of hydrogen-bond donors (Lipinski definition) is 0. The molecule has 2 heterocycles. The first kappa shape index (κ1) is 20.9. The Morgan fingerprint density at radius 1 is 1.00 bits per heavy atom. The minimum absolute atomic E-state index is 0.238. The number of anilines is 1. The maximum absolute atomic E-state index is 14.3. The minimum atomic E-state index is -1.61. The maximum Gasteiger partial charge on any atom is 0.185 e. The standard InChI is InChI=1S/C27H17ClFN3O/c28-20-10-11-22-18(13-20)9-12-23-27(15-30,16-31)24(19-7-4-8-21(29)14-19)25(32(22)23)26(33)17-5-2-1-3-6-17/h1-14,23-25H/t23-,24-,25-/m1/s1. The SMILES string of the molecule is N#CC1(C#N)[C@H](c2cccc(F)c2)[C@H](C(=O)c2ccccc2)N2c3ccc(Cl)cc3C=C[C@@H]21. The molecule has 0 spiro atoms. The molecule has 2 aliphatic rings. The van der Waals surface area contributed by atoms with Crippen LogP contribution in [0.4, 0.5) is 10.1 Å². The summed E-state index contributed by atoms with van der Waals surface area (Å²) < 4.78 is 14.3. The highest BCUT2D eigenvalue weighted by Gasteiger charge is 2.63. The number of carbonyl (C=O) groups is 1. The molecule has 33 heavy (non-hydrogen) atoms. The first-order valence-electron chi connectivity index (χ1n) is 10.4. The third kappa shape index (κ3) is 3.13. The van der Waals surface area contributed by atoms with Gasteiger partial charge in [0.05, 0.1) is 18.2 Å². The maximum atomic E-state index is 14.3. The molecule has 0 aromatic heterocycles. The Bertz CT molecular complexity index is 1360. The summed E-state index contributed by atoms with van der Waals surface area (Å²) >= 11 is 6.20. The molecule has 3 atom stereocenters. The summed E-state index contributed by atoms with van der Waals surface area (Å²) in [5, 5.41) is 21.3. The van der Waals surface area contributed by atoms with E-state index in [-0.39, 0.29) is 5.78 Å². The Morgan fingerprint density at radius 2 is 1.76 bits per heavy atom. The van der Waals surface area contributed by atoms with Gasteiger partial charge in [-0.05, 0) is 41.5 Å². The molecular weight excluding hydrogens is 437 g/mol. The zero-order chi connectivity index (χ0) is 23.2. The zero-order valence-electron chi connectivity index (χ0n) is 17.3. The van der Waals surface area contributed by atoms with E-state index in [0.717, 1.165) is 5.56 Å².